The second kappa shape index (κ2) is 11.1. The Bertz CT molecular complexity index is 1640. The van der Waals surface area contributed by atoms with Gasteiger partial charge in [-0.25, -0.2) is 4.98 Å². The van der Waals surface area contributed by atoms with Crippen LogP contribution >= 0.6 is 0 Å². The molecular weight excluding hydrogens is 538 g/mol. The molecule has 212 valence electrons. The van der Waals surface area contributed by atoms with E-state index >= 15 is 8.78 Å². The molecule has 1 aliphatic rings. The predicted octanol–water partition coefficient (Wildman–Crippen LogP) is 4.64. The molecule has 0 amide bonds. The maximum Gasteiger partial charge on any atom is 0.308 e. The third kappa shape index (κ3) is 5.60. The molecule has 0 saturated carbocycles. The number of aromatic hydroxyl groups is 1. The van der Waals surface area contributed by atoms with E-state index in [1.54, 1.807) is 41.2 Å². The quantitative estimate of drug-likeness (QED) is 0.177. The zero-order valence-electron chi connectivity index (χ0n) is 21.8. The summed E-state index contributed by atoms with van der Waals surface area (Å²) >= 11 is 0. The summed E-state index contributed by atoms with van der Waals surface area (Å²) in [5.41, 5.74) is 5.81. The molecule has 1 saturated heterocycles. The van der Waals surface area contributed by atoms with Gasteiger partial charge in [0.05, 0.1) is 5.92 Å². The third-order valence-electron chi connectivity index (χ3n) is 6.69. The number of amidine groups is 1. The van der Waals surface area contributed by atoms with Crippen molar-refractivity contribution in [2.24, 2.45) is 18.7 Å². The number of imidazole rings is 1. The highest BCUT2D eigenvalue weighted by Crippen LogP contribution is 2.41. The summed E-state index contributed by atoms with van der Waals surface area (Å²) in [4.78, 5) is 21.2. The van der Waals surface area contributed by atoms with Crippen molar-refractivity contribution in [1.29, 1.82) is 5.41 Å². The molecule has 2 aromatic carbocycles. The number of hydrogen-bond donors (Lipinski definition) is 4. The van der Waals surface area contributed by atoms with Crippen LogP contribution in [0.4, 0.5) is 14.5 Å². The number of anilines is 1. The number of nitrogens with two attached hydrogens (primary N) is 1. The van der Waals surface area contributed by atoms with Gasteiger partial charge in [-0.3, -0.25) is 10.2 Å². The van der Waals surface area contributed by atoms with Crippen LogP contribution in [0.3, 0.4) is 0 Å². The first-order valence-corrected chi connectivity index (χ1v) is 12.6. The Morgan fingerprint density at radius 1 is 1.15 bits per heavy atom. The summed E-state index contributed by atoms with van der Waals surface area (Å²) in [6.45, 7) is 0.0337. The lowest BCUT2D eigenvalue weighted by atomic mass is 9.98. The van der Waals surface area contributed by atoms with Crippen LogP contribution in [0.1, 0.15) is 18.4 Å². The monoisotopic (exact) mass is 564 g/mol. The lowest BCUT2D eigenvalue weighted by Gasteiger charge is -2.33. The first-order valence-electron chi connectivity index (χ1n) is 12.6. The Balaban J connectivity index is 1.59. The number of carboxylic acids is 1. The molecule has 4 aromatic rings. The Kier molecular flexibility index (Phi) is 7.42. The smallest absolute Gasteiger partial charge is 0.308 e. The van der Waals surface area contributed by atoms with Gasteiger partial charge in [-0.05, 0) is 43.2 Å². The number of aromatic nitrogens is 3. The van der Waals surface area contributed by atoms with Gasteiger partial charge in [0.25, 0.3) is 11.8 Å². The van der Waals surface area contributed by atoms with Gasteiger partial charge < -0.3 is 34.9 Å². The number of carboxylic acid groups (broad SMARTS) is 1. The van der Waals surface area contributed by atoms with E-state index in [4.69, 9.17) is 20.6 Å². The van der Waals surface area contributed by atoms with Crippen molar-refractivity contribution in [1.82, 2.24) is 14.5 Å². The zero-order valence-corrected chi connectivity index (χ0v) is 21.8. The predicted molar refractivity (Wildman–Crippen MR) is 145 cm³/mol. The van der Waals surface area contributed by atoms with E-state index in [9.17, 15) is 15.0 Å². The lowest BCUT2D eigenvalue weighted by molar-refractivity contribution is -0.141. The molecule has 0 bridgehead atoms. The summed E-state index contributed by atoms with van der Waals surface area (Å²) in [5, 5.41) is 27.5. The van der Waals surface area contributed by atoms with Gasteiger partial charge in [-0.1, -0.05) is 12.1 Å². The fourth-order valence-corrected chi connectivity index (χ4v) is 4.61. The molecule has 5 N–H and O–H groups in total. The molecule has 1 atom stereocenters. The lowest BCUT2D eigenvalue weighted by Crippen LogP contribution is -2.39. The molecule has 1 fully saturated rings. The number of nitrogens with zero attached hydrogens (tertiary/aromatic N) is 4. The number of aliphatic carboxylic acids is 1. The molecule has 1 aliphatic heterocycles. The van der Waals surface area contributed by atoms with E-state index in [2.05, 4.69) is 9.97 Å². The first kappa shape index (κ1) is 27.4. The van der Waals surface area contributed by atoms with Crippen LogP contribution in [0.5, 0.6) is 29.0 Å². The summed E-state index contributed by atoms with van der Waals surface area (Å²) in [6.07, 6.45) is 4.13. The molecule has 0 radical (unpaired) electrons. The number of halogens is 2. The largest absolute Gasteiger partial charge is 0.504 e. The molecule has 5 rings (SSSR count). The minimum atomic E-state index is -1.21. The van der Waals surface area contributed by atoms with Gasteiger partial charge in [-0.15, -0.1) is 0 Å². The van der Waals surface area contributed by atoms with E-state index in [-0.39, 0.29) is 36.0 Å². The number of hydrogen-bond acceptors (Lipinski definition) is 8. The van der Waals surface area contributed by atoms with Crippen LogP contribution in [0.2, 0.25) is 0 Å². The van der Waals surface area contributed by atoms with E-state index in [1.165, 1.54) is 23.1 Å². The SMILES string of the molecule is Cn1ccnc1-c1cccc(Oc2nc(Oc3cc(C(=N)N)ccc3O)c(F)c(N3CCC[C@@H](C(=O)O)C3)c2F)c1. The first-order chi connectivity index (χ1) is 19.6. The van der Waals surface area contributed by atoms with E-state index in [0.29, 0.717) is 24.2 Å². The number of carbonyl (C=O) groups is 1. The number of nitrogens with one attached hydrogen (secondary N) is 1. The summed E-state index contributed by atoms with van der Waals surface area (Å²) in [6, 6.07) is 10.4. The molecule has 2 aromatic heterocycles. The van der Waals surface area contributed by atoms with Crippen molar-refractivity contribution >= 4 is 17.5 Å². The number of pyridine rings is 1. The van der Waals surface area contributed by atoms with Crippen molar-refractivity contribution in [3.8, 4) is 40.4 Å². The Labute approximate surface area is 232 Å². The second-order valence-electron chi connectivity index (χ2n) is 9.51. The Morgan fingerprint density at radius 3 is 2.59 bits per heavy atom. The van der Waals surface area contributed by atoms with Crippen molar-refractivity contribution in [2.75, 3.05) is 18.0 Å². The second-order valence-corrected chi connectivity index (χ2v) is 9.51. The van der Waals surface area contributed by atoms with Gasteiger partial charge in [0.2, 0.25) is 11.6 Å². The van der Waals surface area contributed by atoms with Crippen LogP contribution in [0, 0.1) is 23.0 Å². The molecule has 0 unspecified atom stereocenters. The van der Waals surface area contributed by atoms with Gasteiger partial charge in [0.15, 0.2) is 11.5 Å². The van der Waals surface area contributed by atoms with Crippen LogP contribution in [-0.4, -0.2) is 49.6 Å². The van der Waals surface area contributed by atoms with Crippen molar-refractivity contribution in [3.63, 3.8) is 0 Å². The average molecular weight is 565 g/mol. The number of phenols is 1. The average Bonchev–Trinajstić information content (AvgIpc) is 3.38. The summed E-state index contributed by atoms with van der Waals surface area (Å²) in [7, 11) is 1.81. The topological polar surface area (TPSA) is 160 Å². The Morgan fingerprint density at radius 2 is 1.90 bits per heavy atom. The zero-order chi connectivity index (χ0) is 29.3. The van der Waals surface area contributed by atoms with Crippen molar-refractivity contribution < 1.29 is 33.3 Å². The maximum absolute atomic E-state index is 16.0. The van der Waals surface area contributed by atoms with Gasteiger partial charge in [0, 0.05) is 43.7 Å². The molecule has 11 nitrogen and oxygen atoms in total. The Hall–Kier alpha value is -5.20. The fourth-order valence-electron chi connectivity index (χ4n) is 4.61. The van der Waals surface area contributed by atoms with Gasteiger partial charge in [-0.2, -0.15) is 13.8 Å². The molecule has 3 heterocycles. The normalized spacial score (nSPS) is 15.0. The molecule has 0 aliphatic carbocycles. The van der Waals surface area contributed by atoms with Crippen molar-refractivity contribution in [2.45, 2.75) is 12.8 Å². The van der Waals surface area contributed by atoms with Crippen LogP contribution in [0.15, 0.2) is 54.9 Å². The highest BCUT2D eigenvalue weighted by molar-refractivity contribution is 5.95. The summed E-state index contributed by atoms with van der Waals surface area (Å²) < 4.78 is 45.0. The minimum absolute atomic E-state index is 0.147. The summed E-state index contributed by atoms with van der Waals surface area (Å²) in [5.74, 6) is -5.86. The van der Waals surface area contributed by atoms with E-state index < -0.39 is 46.7 Å². The molecule has 0 spiro atoms. The maximum atomic E-state index is 16.0. The number of benzene rings is 2. The standard InChI is InChI=1S/C28H26F2N6O5/c1-35-11-9-33-25(35)16-4-2-6-18(12-16)40-26-21(29)23(36-10-3-5-17(14-36)28(38)39)22(30)27(34-26)41-20-13-15(24(31)32)7-8-19(20)37/h2,4,6-9,11-13,17,37H,3,5,10,14H2,1H3,(H3,31,32)(H,38,39)/t17-/m1/s1. The number of aryl methyl sites for hydroxylation is 1. The van der Waals surface area contributed by atoms with Crippen LogP contribution < -0.4 is 20.1 Å². The van der Waals surface area contributed by atoms with Crippen molar-refractivity contribution in [3.05, 3.63) is 72.1 Å². The van der Waals surface area contributed by atoms with Crippen LogP contribution in [0.25, 0.3) is 11.4 Å². The minimum Gasteiger partial charge on any atom is -0.504 e. The number of phenolic OH excluding ortho intramolecular Hbond substituents is 1. The number of nitrogen functional groups attached to an aromatic ring is 1. The van der Waals surface area contributed by atoms with E-state index in [0.717, 1.165) is 0 Å². The molecule has 13 heteroatoms. The molecular formula is C28H26F2N6O5. The third-order valence-corrected chi connectivity index (χ3v) is 6.69. The highest BCUT2D eigenvalue weighted by Gasteiger charge is 2.33. The molecule has 41 heavy (non-hydrogen) atoms. The van der Waals surface area contributed by atoms with E-state index in [1.807, 2.05) is 7.05 Å². The van der Waals surface area contributed by atoms with Crippen LogP contribution in [-0.2, 0) is 11.8 Å². The fraction of sp³-hybridized carbons (Fsp3) is 0.214. The number of rotatable bonds is 8. The number of ether oxygens (including phenoxy) is 2. The van der Waals surface area contributed by atoms with Gasteiger partial charge >= 0.3 is 5.97 Å². The highest BCUT2D eigenvalue weighted by atomic mass is 19.1. The number of piperidine rings is 1. The van der Waals surface area contributed by atoms with Gasteiger partial charge in [0.1, 0.15) is 23.1 Å².